The van der Waals surface area contributed by atoms with Crippen molar-refractivity contribution in [3.8, 4) is 51.8 Å². The summed E-state index contributed by atoms with van der Waals surface area (Å²) < 4.78 is 4.49. The monoisotopic (exact) mass is 637 g/mol. The Morgan fingerprint density at radius 1 is 0.500 bits per heavy atom. The van der Waals surface area contributed by atoms with Crippen LogP contribution in [-0.4, -0.2) is 9.13 Å². The molecule has 5 nitrogen and oxygen atoms in total. The molecule has 2 heterocycles. The summed E-state index contributed by atoms with van der Waals surface area (Å²) in [6.45, 7) is 0. The van der Waals surface area contributed by atoms with E-state index in [9.17, 15) is 15.8 Å². The van der Waals surface area contributed by atoms with E-state index in [2.05, 4.69) is 118 Å². The van der Waals surface area contributed by atoms with Gasteiger partial charge in [0, 0.05) is 49.8 Å². The van der Waals surface area contributed by atoms with Gasteiger partial charge in [0.2, 0.25) is 0 Å². The lowest BCUT2D eigenvalue weighted by molar-refractivity contribution is 0.871. The van der Waals surface area contributed by atoms with Crippen LogP contribution in [-0.2, 0) is 6.42 Å². The quantitative estimate of drug-likeness (QED) is 0.193. The van der Waals surface area contributed by atoms with Crippen LogP contribution >= 0.6 is 0 Å². The van der Waals surface area contributed by atoms with Gasteiger partial charge in [0.05, 0.1) is 45.5 Å². The molecule has 0 fully saturated rings. The second-order valence-corrected chi connectivity index (χ2v) is 12.6. The maximum absolute atomic E-state index is 10.4. The number of nitriles is 3. The Kier molecular flexibility index (Phi) is 6.70. The number of benzene rings is 6. The molecule has 232 valence electrons. The van der Waals surface area contributed by atoms with E-state index in [1.807, 2.05) is 48.5 Å². The Hall–Kier alpha value is -7.13. The molecule has 50 heavy (non-hydrogen) atoms. The summed E-state index contributed by atoms with van der Waals surface area (Å²) in [4.78, 5) is 0. The van der Waals surface area contributed by atoms with Crippen LogP contribution in [0.25, 0.3) is 72.4 Å². The SMILES string of the molecule is N#CC1=Cc2c(n(-c3ccccc3-c3cc(-c4cccc(-n5c6ccccc6c6ccccc65)c4)ccc3C#N)c3c(C#N)cccc23)CC1. The molecular formula is C45H27N5. The van der Waals surface area contributed by atoms with Crippen LogP contribution < -0.4 is 0 Å². The van der Waals surface area contributed by atoms with E-state index in [1.54, 1.807) is 0 Å². The molecule has 0 N–H and O–H groups in total. The average molecular weight is 638 g/mol. The maximum Gasteiger partial charge on any atom is 0.101 e. The van der Waals surface area contributed by atoms with Gasteiger partial charge in [0.1, 0.15) is 6.07 Å². The van der Waals surface area contributed by atoms with Gasteiger partial charge in [-0.2, -0.15) is 15.8 Å². The lowest BCUT2D eigenvalue weighted by atomic mass is 9.93. The van der Waals surface area contributed by atoms with Gasteiger partial charge in [-0.1, -0.05) is 84.9 Å². The van der Waals surface area contributed by atoms with E-state index in [1.165, 1.54) is 10.8 Å². The predicted molar refractivity (Wildman–Crippen MR) is 200 cm³/mol. The van der Waals surface area contributed by atoms with Crippen molar-refractivity contribution in [2.24, 2.45) is 0 Å². The van der Waals surface area contributed by atoms with Crippen LogP contribution in [0.15, 0.2) is 139 Å². The number of nitrogens with zero attached hydrogens (tertiary/aromatic N) is 5. The zero-order chi connectivity index (χ0) is 33.8. The highest BCUT2D eigenvalue weighted by molar-refractivity contribution is 6.09. The number of rotatable bonds is 4. The minimum atomic E-state index is 0.565. The van der Waals surface area contributed by atoms with Crippen LogP contribution in [0.2, 0.25) is 0 Å². The lowest BCUT2D eigenvalue weighted by Gasteiger charge is -2.19. The fraction of sp³-hybridized carbons (Fsp3) is 0.0444. The van der Waals surface area contributed by atoms with E-state index in [-0.39, 0.29) is 0 Å². The molecule has 9 rings (SSSR count). The third-order valence-electron chi connectivity index (χ3n) is 9.94. The van der Waals surface area contributed by atoms with Crippen molar-refractivity contribution in [3.63, 3.8) is 0 Å². The van der Waals surface area contributed by atoms with Crippen molar-refractivity contribution in [2.45, 2.75) is 12.8 Å². The highest BCUT2D eigenvalue weighted by Crippen LogP contribution is 2.41. The molecule has 0 radical (unpaired) electrons. The third-order valence-corrected chi connectivity index (χ3v) is 9.94. The first kappa shape index (κ1) is 29.0. The van der Waals surface area contributed by atoms with Gasteiger partial charge in [0.15, 0.2) is 0 Å². The van der Waals surface area contributed by atoms with Gasteiger partial charge in [-0.25, -0.2) is 0 Å². The van der Waals surface area contributed by atoms with Crippen molar-refractivity contribution in [2.75, 3.05) is 0 Å². The Morgan fingerprint density at radius 3 is 1.94 bits per heavy atom. The van der Waals surface area contributed by atoms with Crippen molar-refractivity contribution < 1.29 is 0 Å². The first-order valence-corrected chi connectivity index (χ1v) is 16.6. The van der Waals surface area contributed by atoms with Crippen molar-refractivity contribution in [3.05, 3.63) is 161 Å². The average Bonchev–Trinajstić information content (AvgIpc) is 3.70. The van der Waals surface area contributed by atoms with E-state index in [0.29, 0.717) is 24.0 Å². The van der Waals surface area contributed by atoms with Gasteiger partial charge in [-0.15, -0.1) is 0 Å². The zero-order valence-corrected chi connectivity index (χ0v) is 26.9. The summed E-state index contributed by atoms with van der Waals surface area (Å²) in [5, 5.41) is 33.7. The molecule has 2 aromatic heterocycles. The van der Waals surface area contributed by atoms with Gasteiger partial charge in [0.25, 0.3) is 0 Å². The normalized spacial score (nSPS) is 12.3. The molecule has 8 aromatic rings. The molecule has 1 aliphatic rings. The molecule has 0 bridgehead atoms. The Labute approximate surface area is 289 Å². The molecule has 0 amide bonds. The number of fused-ring (bicyclic) bond motifs is 6. The third kappa shape index (κ3) is 4.37. The minimum absolute atomic E-state index is 0.565. The number of para-hydroxylation sites is 4. The van der Waals surface area contributed by atoms with E-state index >= 15 is 0 Å². The van der Waals surface area contributed by atoms with Crippen molar-refractivity contribution in [1.82, 2.24) is 9.13 Å². The fourth-order valence-electron chi connectivity index (χ4n) is 7.73. The molecule has 1 aliphatic carbocycles. The van der Waals surface area contributed by atoms with Crippen LogP contribution in [0, 0.1) is 34.0 Å². The maximum atomic E-state index is 10.4. The largest absolute Gasteiger partial charge is 0.311 e. The smallest absolute Gasteiger partial charge is 0.101 e. The highest BCUT2D eigenvalue weighted by atomic mass is 15.0. The van der Waals surface area contributed by atoms with Gasteiger partial charge in [-0.05, 0) is 78.6 Å². The van der Waals surface area contributed by atoms with Crippen LogP contribution in [0.1, 0.15) is 28.8 Å². The summed E-state index contributed by atoms with van der Waals surface area (Å²) >= 11 is 0. The van der Waals surface area contributed by atoms with Gasteiger partial charge < -0.3 is 9.13 Å². The summed E-state index contributed by atoms with van der Waals surface area (Å²) in [6, 6.07) is 52.6. The Morgan fingerprint density at radius 2 is 1.18 bits per heavy atom. The van der Waals surface area contributed by atoms with Gasteiger partial charge in [-0.3, -0.25) is 0 Å². The summed E-state index contributed by atoms with van der Waals surface area (Å²) in [7, 11) is 0. The van der Waals surface area contributed by atoms with Gasteiger partial charge >= 0.3 is 0 Å². The predicted octanol–water partition coefficient (Wildman–Crippen LogP) is 10.7. The highest BCUT2D eigenvalue weighted by Gasteiger charge is 2.25. The second-order valence-electron chi connectivity index (χ2n) is 12.6. The molecule has 0 atom stereocenters. The molecule has 6 aromatic carbocycles. The Bertz CT molecular complexity index is 2810. The number of hydrogen-bond donors (Lipinski definition) is 0. The van der Waals surface area contributed by atoms with E-state index < -0.39 is 0 Å². The van der Waals surface area contributed by atoms with Crippen LogP contribution in [0.5, 0.6) is 0 Å². The zero-order valence-electron chi connectivity index (χ0n) is 26.9. The minimum Gasteiger partial charge on any atom is -0.311 e. The molecule has 0 unspecified atom stereocenters. The topological polar surface area (TPSA) is 81.2 Å². The molecule has 0 saturated carbocycles. The molecular weight excluding hydrogens is 611 g/mol. The number of hydrogen-bond acceptors (Lipinski definition) is 3. The number of aromatic nitrogens is 2. The summed E-state index contributed by atoms with van der Waals surface area (Å²) in [5.41, 5.74) is 12.7. The van der Waals surface area contributed by atoms with Crippen molar-refractivity contribution in [1.29, 1.82) is 15.8 Å². The molecule has 0 saturated heterocycles. The van der Waals surface area contributed by atoms with Crippen molar-refractivity contribution >= 4 is 38.8 Å². The number of allylic oxidation sites excluding steroid dienone is 1. The Balaban J connectivity index is 1.24. The van der Waals surface area contributed by atoms with Crippen LogP contribution in [0.3, 0.4) is 0 Å². The summed E-state index contributed by atoms with van der Waals surface area (Å²) in [5.74, 6) is 0. The molecule has 0 spiro atoms. The first-order valence-electron chi connectivity index (χ1n) is 16.6. The van der Waals surface area contributed by atoms with E-state index in [4.69, 9.17) is 0 Å². The molecule has 0 aliphatic heterocycles. The summed E-state index contributed by atoms with van der Waals surface area (Å²) in [6.07, 6.45) is 3.27. The van der Waals surface area contributed by atoms with Crippen LogP contribution in [0.4, 0.5) is 0 Å². The fourth-order valence-corrected chi connectivity index (χ4v) is 7.73. The van der Waals surface area contributed by atoms with E-state index in [0.717, 1.165) is 72.4 Å². The second kappa shape index (κ2) is 11.5. The standard InChI is InChI=1S/C45H27N5/c46-26-29-19-22-44-40(23-29)38-15-8-10-33(28-48)45(38)50(44)43-18-6-3-14-37(43)39-25-31(20-21-32(39)27-47)30-9-7-11-34(24-30)49-41-16-4-1-12-35(41)36-13-2-5-17-42(36)49/h1-18,20-21,23-25H,19,22H2. The molecule has 5 heteroatoms. The lowest BCUT2D eigenvalue weighted by Crippen LogP contribution is -2.07. The first-order chi connectivity index (χ1) is 24.7.